The second-order valence-corrected chi connectivity index (χ2v) is 6.55. The fourth-order valence-corrected chi connectivity index (χ4v) is 3.76. The summed E-state index contributed by atoms with van der Waals surface area (Å²) in [5.74, 6) is 0. The van der Waals surface area contributed by atoms with Gasteiger partial charge in [0.05, 0.1) is 9.82 Å². The Morgan fingerprint density at radius 1 is 1.43 bits per heavy atom. The molecule has 1 saturated heterocycles. The third-order valence-corrected chi connectivity index (χ3v) is 4.95. The van der Waals surface area contributed by atoms with Gasteiger partial charge in [-0.1, -0.05) is 6.07 Å². The smallest absolute Gasteiger partial charge is 0.270 e. The average Bonchev–Trinajstić information content (AvgIpc) is 2.39. The number of nitrogens with one attached hydrogen (secondary N) is 2. The zero-order chi connectivity index (χ0) is 14.8. The van der Waals surface area contributed by atoms with E-state index in [1.165, 1.54) is 12.1 Å². The van der Waals surface area contributed by atoms with Crippen molar-refractivity contribution in [3.63, 3.8) is 0 Å². The lowest BCUT2D eigenvalue weighted by Gasteiger charge is -2.23. The Morgan fingerprint density at radius 3 is 2.71 bits per heavy atom. The van der Waals surface area contributed by atoms with Crippen molar-refractivity contribution in [2.75, 3.05) is 13.1 Å². The van der Waals surface area contributed by atoms with Crippen molar-refractivity contribution in [2.24, 2.45) is 0 Å². The van der Waals surface area contributed by atoms with E-state index in [1.807, 2.05) is 0 Å². The molecule has 1 heterocycles. The van der Waals surface area contributed by atoms with Crippen molar-refractivity contribution in [2.45, 2.75) is 30.7 Å². The molecule has 0 saturated carbocycles. The summed E-state index contributed by atoms with van der Waals surface area (Å²) in [6.07, 6.45) is 1.67. The molecule has 0 aliphatic carbocycles. The van der Waals surface area contributed by atoms with Crippen LogP contribution in [0, 0.1) is 17.0 Å². The van der Waals surface area contributed by atoms with Gasteiger partial charge in [0, 0.05) is 24.7 Å². The maximum atomic E-state index is 12.3. The number of nitro benzene ring substituents is 1. The molecule has 9 heteroatoms. The number of non-ortho nitro benzene ring substituents is 1. The molecule has 0 aromatic heterocycles. The number of piperidine rings is 1. The van der Waals surface area contributed by atoms with Gasteiger partial charge in [0.2, 0.25) is 10.0 Å². The Balaban J connectivity index is 0.00000220. The molecule has 2 N–H and O–H groups in total. The summed E-state index contributed by atoms with van der Waals surface area (Å²) in [5, 5.41) is 13.9. The summed E-state index contributed by atoms with van der Waals surface area (Å²) < 4.78 is 27.3. The SMILES string of the molecule is Cc1ccc([N+](=O)[O-])cc1S(=O)(=O)NC1CCCNC1.Cl. The van der Waals surface area contributed by atoms with Crippen LogP contribution in [0.2, 0.25) is 0 Å². The Morgan fingerprint density at radius 2 is 2.14 bits per heavy atom. The molecule has 2 rings (SSSR count). The topological polar surface area (TPSA) is 101 Å². The van der Waals surface area contributed by atoms with E-state index in [0.29, 0.717) is 12.1 Å². The minimum atomic E-state index is -3.74. The number of rotatable bonds is 4. The fourth-order valence-electron chi connectivity index (χ4n) is 2.23. The van der Waals surface area contributed by atoms with Crippen LogP contribution in [0.5, 0.6) is 0 Å². The molecule has 1 unspecified atom stereocenters. The van der Waals surface area contributed by atoms with Crippen LogP contribution in [-0.4, -0.2) is 32.5 Å². The summed E-state index contributed by atoms with van der Waals surface area (Å²) in [6, 6.07) is 3.68. The molecule has 21 heavy (non-hydrogen) atoms. The molecule has 0 radical (unpaired) electrons. The lowest BCUT2D eigenvalue weighted by Crippen LogP contribution is -2.45. The third kappa shape index (κ3) is 4.37. The molecular weight excluding hydrogens is 318 g/mol. The summed E-state index contributed by atoms with van der Waals surface area (Å²) in [4.78, 5) is 10.1. The van der Waals surface area contributed by atoms with Gasteiger partial charge in [-0.2, -0.15) is 0 Å². The second kappa shape index (κ2) is 7.17. The molecule has 1 aromatic rings. The van der Waals surface area contributed by atoms with E-state index in [4.69, 9.17) is 0 Å². The average molecular weight is 336 g/mol. The predicted octanol–water partition coefficient (Wildman–Crippen LogP) is 1.36. The van der Waals surface area contributed by atoms with E-state index in [0.717, 1.165) is 25.5 Å². The van der Waals surface area contributed by atoms with Crippen LogP contribution in [0.15, 0.2) is 23.1 Å². The van der Waals surface area contributed by atoms with Gasteiger partial charge < -0.3 is 5.32 Å². The maximum absolute atomic E-state index is 12.3. The van der Waals surface area contributed by atoms with Gasteiger partial charge >= 0.3 is 0 Å². The Bertz CT molecular complexity index is 615. The highest BCUT2D eigenvalue weighted by Gasteiger charge is 2.24. The Hall–Kier alpha value is -1.22. The van der Waals surface area contributed by atoms with Crippen molar-refractivity contribution in [3.8, 4) is 0 Å². The molecule has 1 aliphatic heterocycles. The van der Waals surface area contributed by atoms with Gasteiger partial charge in [-0.05, 0) is 31.9 Å². The van der Waals surface area contributed by atoms with E-state index >= 15 is 0 Å². The van der Waals surface area contributed by atoms with Gasteiger partial charge in [-0.25, -0.2) is 13.1 Å². The number of halogens is 1. The molecule has 118 valence electrons. The Labute approximate surface area is 129 Å². The van der Waals surface area contributed by atoms with Crippen LogP contribution in [0.25, 0.3) is 0 Å². The molecular formula is C12H18ClN3O4S. The first-order valence-corrected chi connectivity index (χ1v) is 7.86. The summed E-state index contributed by atoms with van der Waals surface area (Å²) in [6.45, 7) is 3.08. The normalized spacial score (nSPS) is 18.8. The van der Waals surface area contributed by atoms with Crippen LogP contribution < -0.4 is 10.0 Å². The minimum absolute atomic E-state index is 0. The van der Waals surface area contributed by atoms with Crippen LogP contribution in [0.4, 0.5) is 5.69 Å². The highest BCUT2D eigenvalue weighted by Crippen LogP contribution is 2.22. The largest absolute Gasteiger partial charge is 0.315 e. The monoisotopic (exact) mass is 335 g/mol. The first-order chi connectivity index (χ1) is 9.40. The molecule has 1 fully saturated rings. The number of sulfonamides is 1. The number of hydrogen-bond donors (Lipinski definition) is 2. The molecule has 0 spiro atoms. The van der Waals surface area contributed by atoms with Gasteiger partial charge in [-0.3, -0.25) is 10.1 Å². The van der Waals surface area contributed by atoms with Crippen LogP contribution in [0.1, 0.15) is 18.4 Å². The predicted molar refractivity (Wildman–Crippen MR) is 81.3 cm³/mol. The van der Waals surface area contributed by atoms with E-state index in [9.17, 15) is 18.5 Å². The first kappa shape index (κ1) is 17.8. The number of nitrogens with zero attached hydrogens (tertiary/aromatic N) is 1. The number of benzene rings is 1. The number of hydrogen-bond acceptors (Lipinski definition) is 5. The lowest BCUT2D eigenvalue weighted by atomic mass is 10.1. The van der Waals surface area contributed by atoms with E-state index in [1.54, 1.807) is 6.92 Å². The number of nitro groups is 1. The number of aryl methyl sites for hydroxylation is 1. The highest BCUT2D eigenvalue weighted by atomic mass is 35.5. The molecule has 0 amide bonds. The minimum Gasteiger partial charge on any atom is -0.315 e. The van der Waals surface area contributed by atoms with Gasteiger partial charge in [0.15, 0.2) is 0 Å². The van der Waals surface area contributed by atoms with Crippen LogP contribution in [0.3, 0.4) is 0 Å². The summed E-state index contributed by atoms with van der Waals surface area (Å²) in [7, 11) is -3.74. The molecule has 1 aliphatic rings. The maximum Gasteiger partial charge on any atom is 0.270 e. The van der Waals surface area contributed by atoms with E-state index < -0.39 is 14.9 Å². The van der Waals surface area contributed by atoms with Crippen LogP contribution >= 0.6 is 12.4 Å². The molecule has 0 bridgehead atoms. The molecule has 1 atom stereocenters. The van der Waals surface area contributed by atoms with Crippen LogP contribution in [-0.2, 0) is 10.0 Å². The zero-order valence-corrected chi connectivity index (χ0v) is 13.2. The van der Waals surface area contributed by atoms with Crippen molar-refractivity contribution in [1.82, 2.24) is 10.0 Å². The zero-order valence-electron chi connectivity index (χ0n) is 11.5. The summed E-state index contributed by atoms with van der Waals surface area (Å²) >= 11 is 0. The second-order valence-electron chi connectivity index (χ2n) is 4.87. The fraction of sp³-hybridized carbons (Fsp3) is 0.500. The first-order valence-electron chi connectivity index (χ1n) is 6.38. The molecule has 1 aromatic carbocycles. The highest BCUT2D eigenvalue weighted by molar-refractivity contribution is 7.89. The summed E-state index contributed by atoms with van der Waals surface area (Å²) in [5.41, 5.74) is 0.268. The Kier molecular flexibility index (Phi) is 6.09. The quantitative estimate of drug-likeness (QED) is 0.639. The van der Waals surface area contributed by atoms with Crippen molar-refractivity contribution < 1.29 is 13.3 Å². The van der Waals surface area contributed by atoms with Gasteiger partial charge in [0.25, 0.3) is 5.69 Å². The van der Waals surface area contributed by atoms with Crippen molar-refractivity contribution >= 4 is 28.1 Å². The van der Waals surface area contributed by atoms with Crippen molar-refractivity contribution in [1.29, 1.82) is 0 Å². The van der Waals surface area contributed by atoms with Crippen molar-refractivity contribution in [3.05, 3.63) is 33.9 Å². The van der Waals surface area contributed by atoms with Gasteiger partial charge in [0.1, 0.15) is 0 Å². The van der Waals surface area contributed by atoms with E-state index in [-0.39, 0.29) is 29.0 Å². The van der Waals surface area contributed by atoms with Gasteiger partial charge in [-0.15, -0.1) is 12.4 Å². The molecule has 7 nitrogen and oxygen atoms in total. The van der Waals surface area contributed by atoms with E-state index in [2.05, 4.69) is 10.0 Å². The lowest BCUT2D eigenvalue weighted by molar-refractivity contribution is -0.385. The standard InChI is InChI=1S/C12H17N3O4S.ClH/c1-9-4-5-11(15(16)17)7-12(9)20(18,19)14-10-3-2-6-13-8-10;/h4-5,7,10,13-14H,2-3,6,8H2,1H3;1H. The third-order valence-electron chi connectivity index (χ3n) is 3.29.